The summed E-state index contributed by atoms with van der Waals surface area (Å²) in [5.41, 5.74) is 2.68. The summed E-state index contributed by atoms with van der Waals surface area (Å²) in [4.78, 5) is 15.9. The Bertz CT molecular complexity index is 1220. The molecule has 0 fully saturated rings. The number of hydrogen-bond acceptors (Lipinski definition) is 5. The molecule has 34 heavy (non-hydrogen) atoms. The normalized spacial score (nSPS) is 10.8. The third kappa shape index (κ3) is 4.99. The molecule has 0 saturated carbocycles. The highest BCUT2D eigenvalue weighted by atomic mass is 32.1. The summed E-state index contributed by atoms with van der Waals surface area (Å²) in [6.07, 6.45) is 1.57. The van der Waals surface area contributed by atoms with Gasteiger partial charge >= 0.3 is 0 Å². The lowest BCUT2D eigenvalue weighted by Gasteiger charge is -2.22. The van der Waals surface area contributed by atoms with Gasteiger partial charge in [-0.1, -0.05) is 50.2 Å². The first kappa shape index (κ1) is 23.6. The van der Waals surface area contributed by atoms with Gasteiger partial charge in [0.25, 0.3) is 5.91 Å². The summed E-state index contributed by atoms with van der Waals surface area (Å²) in [5.74, 6) is 1.84. The topological polar surface area (TPSA) is 56.6 Å². The van der Waals surface area contributed by atoms with Crippen LogP contribution in [-0.4, -0.2) is 34.2 Å². The van der Waals surface area contributed by atoms with Crippen molar-refractivity contribution in [3.63, 3.8) is 0 Å². The molecule has 7 heteroatoms. The summed E-state index contributed by atoms with van der Waals surface area (Å²) in [5, 5.41) is 6.83. The Labute approximate surface area is 204 Å². The average molecular weight is 476 g/mol. The number of para-hydroxylation sites is 3. The minimum absolute atomic E-state index is 0.0228. The summed E-state index contributed by atoms with van der Waals surface area (Å²) >= 11 is 1.46. The van der Waals surface area contributed by atoms with Gasteiger partial charge in [-0.3, -0.25) is 4.79 Å². The van der Waals surface area contributed by atoms with Gasteiger partial charge in [-0.05, 0) is 48.6 Å². The molecule has 2 heterocycles. The Balaban J connectivity index is 1.81. The highest BCUT2D eigenvalue weighted by Gasteiger charge is 2.26. The molecule has 4 aromatic rings. The number of carbonyl (C=O) groups excluding carboxylic acids is 1. The SMILES string of the molecule is CCCN(Cc1c(CC)nn(-c2ccccc2)c1Oc1ccccc1OC)C(=O)c1cccs1. The number of benzene rings is 2. The molecule has 0 aliphatic heterocycles. The number of thiophene rings is 1. The molecule has 4 rings (SSSR count). The zero-order valence-electron chi connectivity index (χ0n) is 19.7. The van der Waals surface area contributed by atoms with E-state index < -0.39 is 0 Å². The van der Waals surface area contributed by atoms with Gasteiger partial charge in [-0.2, -0.15) is 5.10 Å². The summed E-state index contributed by atoms with van der Waals surface area (Å²) in [6, 6.07) is 21.2. The molecule has 2 aromatic heterocycles. The molecule has 0 aliphatic carbocycles. The molecule has 0 atom stereocenters. The highest BCUT2D eigenvalue weighted by molar-refractivity contribution is 7.12. The lowest BCUT2D eigenvalue weighted by atomic mass is 10.1. The van der Waals surface area contributed by atoms with Crippen LogP contribution in [0.15, 0.2) is 72.1 Å². The molecule has 0 bridgehead atoms. The second-order valence-corrected chi connectivity index (χ2v) is 8.74. The van der Waals surface area contributed by atoms with E-state index in [0.29, 0.717) is 36.9 Å². The number of aryl methyl sites for hydroxylation is 1. The van der Waals surface area contributed by atoms with E-state index in [0.717, 1.165) is 28.2 Å². The number of methoxy groups -OCH3 is 1. The van der Waals surface area contributed by atoms with Gasteiger partial charge in [0.05, 0.1) is 35.5 Å². The molecule has 0 saturated heterocycles. The van der Waals surface area contributed by atoms with Crippen LogP contribution in [0, 0.1) is 0 Å². The number of rotatable bonds is 10. The quantitative estimate of drug-likeness (QED) is 0.268. The van der Waals surface area contributed by atoms with E-state index in [2.05, 4.69) is 13.8 Å². The predicted octanol–water partition coefficient (Wildman–Crippen LogP) is 6.35. The summed E-state index contributed by atoms with van der Waals surface area (Å²) < 4.78 is 13.8. The fraction of sp³-hybridized carbons (Fsp3) is 0.259. The minimum Gasteiger partial charge on any atom is -0.493 e. The number of aromatic nitrogens is 2. The van der Waals surface area contributed by atoms with Gasteiger partial charge in [-0.15, -0.1) is 11.3 Å². The molecular weight excluding hydrogens is 446 g/mol. The second-order valence-electron chi connectivity index (χ2n) is 7.79. The minimum atomic E-state index is 0.0228. The van der Waals surface area contributed by atoms with Crippen LogP contribution in [0.1, 0.15) is 41.2 Å². The van der Waals surface area contributed by atoms with Crippen molar-refractivity contribution < 1.29 is 14.3 Å². The van der Waals surface area contributed by atoms with Crippen LogP contribution in [0.25, 0.3) is 5.69 Å². The van der Waals surface area contributed by atoms with Crippen molar-refractivity contribution in [2.45, 2.75) is 33.2 Å². The average Bonchev–Trinajstić information content (AvgIpc) is 3.53. The smallest absolute Gasteiger partial charge is 0.264 e. The predicted molar refractivity (Wildman–Crippen MR) is 135 cm³/mol. The van der Waals surface area contributed by atoms with E-state index in [1.165, 1.54) is 11.3 Å². The molecule has 2 aromatic carbocycles. The Hall–Kier alpha value is -3.58. The second kappa shape index (κ2) is 11.0. The molecule has 0 aliphatic rings. The van der Waals surface area contributed by atoms with E-state index in [-0.39, 0.29) is 5.91 Å². The molecule has 176 valence electrons. The standard InChI is InChI=1S/C27H29N3O3S/c1-4-17-29(26(31)25-16-11-18-34-25)19-21-22(5-2)28-30(20-12-7-6-8-13-20)27(21)33-24-15-10-9-14-23(24)32-3/h6-16,18H,4-5,17,19H2,1-3H3. The Kier molecular flexibility index (Phi) is 7.65. The van der Waals surface area contributed by atoms with Crippen LogP contribution >= 0.6 is 11.3 Å². The van der Waals surface area contributed by atoms with Gasteiger partial charge in [-0.25, -0.2) is 4.68 Å². The van der Waals surface area contributed by atoms with E-state index in [9.17, 15) is 4.79 Å². The van der Waals surface area contributed by atoms with Gasteiger partial charge < -0.3 is 14.4 Å². The first-order chi connectivity index (χ1) is 16.7. The lowest BCUT2D eigenvalue weighted by molar-refractivity contribution is 0.0747. The molecule has 0 radical (unpaired) electrons. The Morgan fingerprint density at radius 2 is 1.74 bits per heavy atom. The van der Waals surface area contributed by atoms with Crippen LogP contribution < -0.4 is 9.47 Å². The molecular formula is C27H29N3O3S. The first-order valence-electron chi connectivity index (χ1n) is 11.5. The van der Waals surface area contributed by atoms with Crippen LogP contribution in [0.3, 0.4) is 0 Å². The highest BCUT2D eigenvalue weighted by Crippen LogP contribution is 2.36. The molecule has 0 unspecified atom stereocenters. The maximum atomic E-state index is 13.3. The van der Waals surface area contributed by atoms with E-state index in [1.807, 2.05) is 81.7 Å². The maximum Gasteiger partial charge on any atom is 0.264 e. The summed E-state index contributed by atoms with van der Waals surface area (Å²) in [7, 11) is 1.62. The number of nitrogens with zero attached hydrogens (tertiary/aromatic N) is 3. The Morgan fingerprint density at radius 1 is 1.00 bits per heavy atom. The first-order valence-corrected chi connectivity index (χ1v) is 12.3. The maximum absolute atomic E-state index is 13.3. The third-order valence-corrected chi connectivity index (χ3v) is 6.35. The van der Waals surface area contributed by atoms with E-state index in [4.69, 9.17) is 14.6 Å². The van der Waals surface area contributed by atoms with Crippen molar-refractivity contribution in [1.29, 1.82) is 0 Å². The van der Waals surface area contributed by atoms with Gasteiger partial charge in [0.15, 0.2) is 11.5 Å². The van der Waals surface area contributed by atoms with Crippen LogP contribution in [0.4, 0.5) is 0 Å². The fourth-order valence-corrected chi connectivity index (χ4v) is 4.54. The lowest BCUT2D eigenvalue weighted by Crippen LogP contribution is -2.31. The van der Waals surface area contributed by atoms with E-state index >= 15 is 0 Å². The van der Waals surface area contributed by atoms with Crippen molar-refractivity contribution in [3.8, 4) is 23.1 Å². The van der Waals surface area contributed by atoms with Crippen molar-refractivity contribution in [2.75, 3.05) is 13.7 Å². The molecule has 0 spiro atoms. The van der Waals surface area contributed by atoms with Crippen LogP contribution in [-0.2, 0) is 13.0 Å². The third-order valence-electron chi connectivity index (χ3n) is 5.49. The fourth-order valence-electron chi connectivity index (χ4n) is 3.85. The zero-order chi connectivity index (χ0) is 23.9. The molecule has 1 amide bonds. The monoisotopic (exact) mass is 475 g/mol. The van der Waals surface area contributed by atoms with E-state index in [1.54, 1.807) is 7.11 Å². The van der Waals surface area contributed by atoms with Crippen molar-refractivity contribution in [2.24, 2.45) is 0 Å². The summed E-state index contributed by atoms with van der Waals surface area (Å²) in [6.45, 7) is 5.20. The van der Waals surface area contributed by atoms with Gasteiger partial charge in [0, 0.05) is 6.54 Å². The number of carbonyl (C=O) groups is 1. The molecule has 6 nitrogen and oxygen atoms in total. The number of ether oxygens (including phenoxy) is 2. The van der Waals surface area contributed by atoms with Crippen LogP contribution in [0.2, 0.25) is 0 Å². The number of amides is 1. The van der Waals surface area contributed by atoms with Gasteiger partial charge in [0.2, 0.25) is 5.88 Å². The molecule has 0 N–H and O–H groups in total. The van der Waals surface area contributed by atoms with Crippen LogP contribution in [0.5, 0.6) is 17.4 Å². The zero-order valence-corrected chi connectivity index (χ0v) is 20.5. The van der Waals surface area contributed by atoms with Gasteiger partial charge in [0.1, 0.15) is 0 Å². The van der Waals surface area contributed by atoms with Crippen molar-refractivity contribution in [1.82, 2.24) is 14.7 Å². The number of hydrogen-bond donors (Lipinski definition) is 0. The van der Waals surface area contributed by atoms with Crippen molar-refractivity contribution in [3.05, 3.63) is 88.2 Å². The largest absolute Gasteiger partial charge is 0.493 e. The Morgan fingerprint density at radius 3 is 2.38 bits per heavy atom. The van der Waals surface area contributed by atoms with Crippen molar-refractivity contribution >= 4 is 17.2 Å².